The van der Waals surface area contributed by atoms with Crippen LogP contribution in [0.2, 0.25) is 0 Å². The Morgan fingerprint density at radius 2 is 2.19 bits per heavy atom. The molecule has 0 aromatic rings. The molecule has 1 rings (SSSR count). The first-order chi connectivity index (χ1) is 7.70. The number of hydrogen-bond acceptors (Lipinski definition) is 1. The van der Waals surface area contributed by atoms with E-state index in [-0.39, 0.29) is 5.92 Å². The number of amides is 1. The average molecular weight is 246 g/mol. The van der Waals surface area contributed by atoms with Gasteiger partial charge in [0.2, 0.25) is 5.91 Å². The lowest BCUT2D eigenvalue weighted by molar-refractivity contribution is -0.139. The van der Waals surface area contributed by atoms with Gasteiger partial charge in [-0.3, -0.25) is 4.79 Å². The zero-order valence-corrected chi connectivity index (χ0v) is 11.3. The van der Waals surface area contributed by atoms with Crippen LogP contribution in [0.3, 0.4) is 0 Å². The highest BCUT2D eigenvalue weighted by molar-refractivity contribution is 6.17. The molecule has 1 saturated carbocycles. The van der Waals surface area contributed by atoms with Gasteiger partial charge in [0.1, 0.15) is 0 Å². The number of carbonyl (C=O) groups is 1. The van der Waals surface area contributed by atoms with Crippen molar-refractivity contribution in [2.75, 3.05) is 12.4 Å². The monoisotopic (exact) mass is 245 g/mol. The van der Waals surface area contributed by atoms with E-state index in [0.29, 0.717) is 17.8 Å². The fourth-order valence-electron chi connectivity index (χ4n) is 2.24. The minimum Gasteiger partial charge on any atom is -0.339 e. The molecule has 2 nitrogen and oxygen atoms in total. The third-order valence-corrected chi connectivity index (χ3v) is 3.74. The summed E-state index contributed by atoms with van der Waals surface area (Å²) in [6.45, 7) is 5.04. The van der Waals surface area contributed by atoms with Crippen LogP contribution in [0.25, 0.3) is 0 Å². The van der Waals surface area contributed by atoms with E-state index in [1.54, 1.807) is 0 Å². The second-order valence-corrected chi connectivity index (χ2v) is 5.23. The largest absolute Gasteiger partial charge is 0.339 e. The molecule has 1 aliphatic rings. The van der Waals surface area contributed by atoms with E-state index >= 15 is 0 Å². The molecule has 0 aliphatic heterocycles. The van der Waals surface area contributed by atoms with Crippen LogP contribution >= 0.6 is 11.6 Å². The van der Waals surface area contributed by atoms with Crippen molar-refractivity contribution >= 4 is 17.5 Å². The summed E-state index contributed by atoms with van der Waals surface area (Å²) < 4.78 is 0. The van der Waals surface area contributed by atoms with Gasteiger partial charge in [-0.25, -0.2) is 0 Å². The molecule has 0 saturated heterocycles. The Labute approximate surface area is 104 Å². The van der Waals surface area contributed by atoms with Gasteiger partial charge < -0.3 is 4.90 Å². The summed E-state index contributed by atoms with van der Waals surface area (Å²) in [7, 11) is 0. The molecule has 0 N–H and O–H groups in total. The lowest BCUT2D eigenvalue weighted by Gasteiger charge is -2.39. The Kier molecular flexibility index (Phi) is 6.18. The van der Waals surface area contributed by atoms with Gasteiger partial charge in [-0.05, 0) is 32.1 Å². The van der Waals surface area contributed by atoms with E-state index in [2.05, 4.69) is 18.7 Å². The van der Waals surface area contributed by atoms with E-state index in [1.807, 2.05) is 0 Å². The van der Waals surface area contributed by atoms with E-state index in [0.717, 1.165) is 25.8 Å². The van der Waals surface area contributed by atoms with Crippen molar-refractivity contribution in [1.82, 2.24) is 4.90 Å². The summed E-state index contributed by atoms with van der Waals surface area (Å²) in [6, 6.07) is 0.509. The third-order valence-electron chi connectivity index (χ3n) is 3.47. The van der Waals surface area contributed by atoms with Crippen molar-refractivity contribution in [1.29, 1.82) is 0 Å². The van der Waals surface area contributed by atoms with Crippen molar-refractivity contribution in [3.05, 3.63) is 0 Å². The Morgan fingerprint density at radius 3 is 2.62 bits per heavy atom. The van der Waals surface area contributed by atoms with E-state index in [1.165, 1.54) is 19.3 Å². The van der Waals surface area contributed by atoms with E-state index in [4.69, 9.17) is 11.6 Å². The molecular formula is C13H24ClNO. The third kappa shape index (κ3) is 3.65. The standard InChI is InChI=1S/C13H24ClNO/c1-3-6-11(2)13(16)15(10-5-9-14)12-7-4-8-12/h11-12H,3-10H2,1-2H3. The molecule has 0 aromatic carbocycles. The summed E-state index contributed by atoms with van der Waals surface area (Å²) in [4.78, 5) is 14.3. The van der Waals surface area contributed by atoms with Gasteiger partial charge in [0.05, 0.1) is 0 Å². The highest BCUT2D eigenvalue weighted by Gasteiger charge is 2.30. The lowest BCUT2D eigenvalue weighted by atomic mass is 9.90. The van der Waals surface area contributed by atoms with Crippen LogP contribution in [0, 0.1) is 5.92 Å². The van der Waals surface area contributed by atoms with Crippen LogP contribution in [0.1, 0.15) is 52.4 Å². The SMILES string of the molecule is CCCC(C)C(=O)N(CCCCl)C1CCC1. The van der Waals surface area contributed by atoms with Crippen molar-refractivity contribution in [3.63, 3.8) is 0 Å². The van der Waals surface area contributed by atoms with Crippen molar-refractivity contribution < 1.29 is 4.79 Å². The van der Waals surface area contributed by atoms with Crippen molar-refractivity contribution in [3.8, 4) is 0 Å². The second kappa shape index (κ2) is 7.16. The molecule has 3 heteroatoms. The molecule has 1 fully saturated rings. The van der Waals surface area contributed by atoms with Gasteiger partial charge in [0.15, 0.2) is 0 Å². The van der Waals surface area contributed by atoms with E-state index < -0.39 is 0 Å². The molecule has 0 heterocycles. The number of alkyl halides is 1. The minimum absolute atomic E-state index is 0.181. The first-order valence-corrected chi connectivity index (χ1v) is 7.10. The minimum atomic E-state index is 0.181. The average Bonchev–Trinajstić information content (AvgIpc) is 2.20. The quantitative estimate of drug-likeness (QED) is 0.630. The molecule has 1 aliphatic carbocycles. The van der Waals surface area contributed by atoms with E-state index in [9.17, 15) is 4.79 Å². The number of halogens is 1. The van der Waals surface area contributed by atoms with Crippen LogP contribution in [0.4, 0.5) is 0 Å². The Hall–Kier alpha value is -0.240. The fraction of sp³-hybridized carbons (Fsp3) is 0.923. The topological polar surface area (TPSA) is 20.3 Å². The number of carbonyl (C=O) groups excluding carboxylic acids is 1. The summed E-state index contributed by atoms with van der Waals surface area (Å²) in [6.07, 6.45) is 6.66. The number of nitrogens with zero attached hydrogens (tertiary/aromatic N) is 1. The predicted molar refractivity (Wildman–Crippen MR) is 68.8 cm³/mol. The highest BCUT2D eigenvalue weighted by Crippen LogP contribution is 2.27. The van der Waals surface area contributed by atoms with Crippen LogP contribution in [-0.2, 0) is 4.79 Å². The van der Waals surface area contributed by atoms with Crippen LogP contribution in [-0.4, -0.2) is 29.3 Å². The molecule has 0 radical (unpaired) electrons. The smallest absolute Gasteiger partial charge is 0.225 e. The number of hydrogen-bond donors (Lipinski definition) is 0. The summed E-state index contributed by atoms with van der Waals surface area (Å²) in [5.74, 6) is 1.18. The van der Waals surface area contributed by atoms with Gasteiger partial charge in [-0.2, -0.15) is 0 Å². The molecule has 94 valence electrons. The highest BCUT2D eigenvalue weighted by atomic mass is 35.5. The Bertz CT molecular complexity index is 216. The number of rotatable bonds is 7. The molecule has 0 spiro atoms. The van der Waals surface area contributed by atoms with Crippen LogP contribution in [0.15, 0.2) is 0 Å². The molecule has 0 bridgehead atoms. The van der Waals surface area contributed by atoms with Crippen molar-refractivity contribution in [2.24, 2.45) is 5.92 Å². The molecule has 1 amide bonds. The summed E-state index contributed by atoms with van der Waals surface area (Å²) in [5, 5.41) is 0. The summed E-state index contributed by atoms with van der Waals surface area (Å²) in [5.41, 5.74) is 0. The maximum absolute atomic E-state index is 12.3. The maximum atomic E-state index is 12.3. The Balaban J connectivity index is 2.49. The predicted octanol–water partition coefficient (Wildman–Crippen LogP) is 3.43. The van der Waals surface area contributed by atoms with Gasteiger partial charge in [-0.1, -0.05) is 20.3 Å². The molecule has 1 unspecified atom stereocenters. The maximum Gasteiger partial charge on any atom is 0.225 e. The van der Waals surface area contributed by atoms with Gasteiger partial charge in [0.25, 0.3) is 0 Å². The van der Waals surface area contributed by atoms with Crippen LogP contribution < -0.4 is 0 Å². The molecular weight excluding hydrogens is 222 g/mol. The zero-order chi connectivity index (χ0) is 12.0. The fourth-order valence-corrected chi connectivity index (χ4v) is 2.36. The van der Waals surface area contributed by atoms with Crippen LogP contribution in [0.5, 0.6) is 0 Å². The lowest BCUT2D eigenvalue weighted by Crippen LogP contribution is -2.47. The Morgan fingerprint density at radius 1 is 1.50 bits per heavy atom. The van der Waals surface area contributed by atoms with Gasteiger partial charge in [0, 0.05) is 24.4 Å². The molecule has 16 heavy (non-hydrogen) atoms. The first-order valence-electron chi connectivity index (χ1n) is 6.57. The first kappa shape index (κ1) is 13.8. The second-order valence-electron chi connectivity index (χ2n) is 4.85. The summed E-state index contributed by atoms with van der Waals surface area (Å²) >= 11 is 5.72. The van der Waals surface area contributed by atoms with Crippen molar-refractivity contribution in [2.45, 2.75) is 58.4 Å². The molecule has 0 aromatic heterocycles. The normalized spacial score (nSPS) is 17.9. The van der Waals surface area contributed by atoms with Gasteiger partial charge in [-0.15, -0.1) is 11.6 Å². The zero-order valence-electron chi connectivity index (χ0n) is 10.5. The van der Waals surface area contributed by atoms with Gasteiger partial charge >= 0.3 is 0 Å². The molecule has 1 atom stereocenters.